The van der Waals surface area contributed by atoms with Crippen molar-refractivity contribution in [2.45, 2.75) is 50.2 Å². The van der Waals surface area contributed by atoms with Crippen LogP contribution in [0.5, 0.6) is 5.75 Å². The van der Waals surface area contributed by atoms with E-state index < -0.39 is 6.10 Å². The fourth-order valence-corrected chi connectivity index (χ4v) is 5.43. The topological polar surface area (TPSA) is 41.5 Å². The summed E-state index contributed by atoms with van der Waals surface area (Å²) in [6, 6.07) is 9.74. The molecule has 0 aromatic heterocycles. The number of benzene rings is 1. The molecule has 4 fully saturated rings. The predicted octanol–water partition coefficient (Wildman–Crippen LogP) is 2.98. The largest absolute Gasteiger partial charge is 0.491 e. The maximum Gasteiger partial charge on any atom is 0.119 e. The van der Waals surface area contributed by atoms with Gasteiger partial charge in [0.15, 0.2) is 0 Å². The molecule has 4 aliphatic rings. The Morgan fingerprint density at radius 1 is 1.05 bits per heavy atom. The van der Waals surface area contributed by atoms with Gasteiger partial charge < -0.3 is 15.2 Å². The molecule has 4 saturated carbocycles. The van der Waals surface area contributed by atoms with Crippen LogP contribution >= 0.6 is 0 Å². The van der Waals surface area contributed by atoms with E-state index in [2.05, 4.69) is 5.32 Å². The van der Waals surface area contributed by atoms with Crippen LogP contribution in [0.15, 0.2) is 30.3 Å². The number of nitrogens with one attached hydrogen (secondary N) is 1. The molecule has 1 atom stereocenters. The third-order valence-electron chi connectivity index (χ3n) is 5.94. The summed E-state index contributed by atoms with van der Waals surface area (Å²) < 4.78 is 5.65. The zero-order chi connectivity index (χ0) is 15.0. The van der Waals surface area contributed by atoms with Gasteiger partial charge in [-0.3, -0.25) is 0 Å². The molecule has 0 radical (unpaired) electrons. The molecule has 3 nitrogen and oxygen atoms in total. The van der Waals surface area contributed by atoms with E-state index in [1.807, 2.05) is 30.3 Å². The quantitative estimate of drug-likeness (QED) is 0.849. The summed E-state index contributed by atoms with van der Waals surface area (Å²) in [6.07, 6.45) is 7.91. The van der Waals surface area contributed by atoms with E-state index in [1.165, 1.54) is 38.5 Å². The number of hydrogen-bond acceptors (Lipinski definition) is 3. The van der Waals surface area contributed by atoms with Gasteiger partial charge >= 0.3 is 0 Å². The molecule has 0 aliphatic heterocycles. The van der Waals surface area contributed by atoms with E-state index in [0.29, 0.717) is 18.7 Å². The molecule has 4 aliphatic carbocycles. The molecule has 0 saturated heterocycles. The van der Waals surface area contributed by atoms with Crippen molar-refractivity contribution in [3.8, 4) is 5.75 Å². The van der Waals surface area contributed by atoms with Crippen molar-refractivity contribution in [1.82, 2.24) is 5.32 Å². The van der Waals surface area contributed by atoms with E-state index in [4.69, 9.17) is 4.74 Å². The molecule has 1 aromatic carbocycles. The van der Waals surface area contributed by atoms with E-state index in [-0.39, 0.29) is 0 Å². The van der Waals surface area contributed by atoms with Crippen LogP contribution in [0.4, 0.5) is 0 Å². The van der Waals surface area contributed by atoms with Crippen LogP contribution in [-0.4, -0.2) is 29.9 Å². The first kappa shape index (κ1) is 14.5. The molecule has 22 heavy (non-hydrogen) atoms. The fourth-order valence-electron chi connectivity index (χ4n) is 5.43. The third kappa shape index (κ3) is 3.02. The van der Waals surface area contributed by atoms with Gasteiger partial charge in [-0.1, -0.05) is 18.2 Å². The molecule has 0 amide bonds. The van der Waals surface area contributed by atoms with E-state index in [0.717, 1.165) is 23.5 Å². The third-order valence-corrected chi connectivity index (χ3v) is 5.94. The first-order valence-corrected chi connectivity index (χ1v) is 8.82. The molecule has 3 heteroatoms. The smallest absolute Gasteiger partial charge is 0.119 e. The SMILES string of the molecule is O[C@H](CNC12CC3CC(CC(C3)C1)C2)COc1ccccc1. The molecule has 4 bridgehead atoms. The number of aliphatic hydroxyl groups is 1. The average molecular weight is 301 g/mol. The molecule has 120 valence electrons. The Kier molecular flexibility index (Phi) is 3.87. The summed E-state index contributed by atoms with van der Waals surface area (Å²) in [5, 5.41) is 14.0. The maximum atomic E-state index is 10.2. The Labute approximate surface area is 133 Å². The number of aliphatic hydroxyl groups excluding tert-OH is 1. The average Bonchev–Trinajstić information content (AvgIpc) is 2.51. The zero-order valence-electron chi connectivity index (χ0n) is 13.2. The molecular weight excluding hydrogens is 274 g/mol. The lowest BCUT2D eigenvalue weighted by Gasteiger charge is -2.57. The maximum absolute atomic E-state index is 10.2. The summed E-state index contributed by atoms with van der Waals surface area (Å²) in [5.41, 5.74) is 0.322. The predicted molar refractivity (Wildman–Crippen MR) is 86.8 cm³/mol. The number of β-amino-alcohol motifs (C(OH)–C–C–N with tert-alkyl or cyclic N) is 1. The van der Waals surface area contributed by atoms with Crippen molar-refractivity contribution in [2.75, 3.05) is 13.2 Å². The van der Waals surface area contributed by atoms with Crippen molar-refractivity contribution in [2.24, 2.45) is 17.8 Å². The Bertz CT molecular complexity index is 466. The van der Waals surface area contributed by atoms with Crippen molar-refractivity contribution in [1.29, 1.82) is 0 Å². The molecule has 5 rings (SSSR count). The summed E-state index contributed by atoms with van der Waals surface area (Å²) in [5.74, 6) is 3.65. The fraction of sp³-hybridized carbons (Fsp3) is 0.684. The van der Waals surface area contributed by atoms with Gasteiger partial charge in [-0.05, 0) is 68.4 Å². The van der Waals surface area contributed by atoms with Crippen LogP contribution in [0.3, 0.4) is 0 Å². The monoisotopic (exact) mass is 301 g/mol. The molecule has 0 spiro atoms. The molecule has 0 heterocycles. The summed E-state index contributed by atoms with van der Waals surface area (Å²) in [7, 11) is 0. The summed E-state index contributed by atoms with van der Waals surface area (Å²) in [6.45, 7) is 1.02. The van der Waals surface area contributed by atoms with Gasteiger partial charge in [0.1, 0.15) is 18.5 Å². The van der Waals surface area contributed by atoms with E-state index >= 15 is 0 Å². The highest BCUT2D eigenvalue weighted by Gasteiger charge is 2.50. The number of hydrogen-bond donors (Lipinski definition) is 2. The summed E-state index contributed by atoms with van der Waals surface area (Å²) in [4.78, 5) is 0. The number of para-hydroxylation sites is 1. The number of rotatable bonds is 6. The van der Waals surface area contributed by atoms with E-state index in [1.54, 1.807) is 0 Å². The van der Waals surface area contributed by atoms with E-state index in [9.17, 15) is 5.11 Å². The molecule has 1 aromatic rings. The van der Waals surface area contributed by atoms with Crippen LogP contribution in [0.1, 0.15) is 38.5 Å². The molecular formula is C19H27NO2. The molecule has 2 N–H and O–H groups in total. The van der Waals surface area contributed by atoms with Crippen LogP contribution in [0.25, 0.3) is 0 Å². The van der Waals surface area contributed by atoms with Gasteiger partial charge in [0.05, 0.1) is 0 Å². The standard InChI is InChI=1S/C19H27NO2/c21-17(13-22-18-4-2-1-3-5-18)12-20-19-9-14-6-15(10-19)8-16(7-14)11-19/h1-5,14-17,20-21H,6-13H2/t14?,15?,16?,17-,19?/m1/s1. The summed E-state index contributed by atoms with van der Waals surface area (Å²) >= 11 is 0. The second-order valence-electron chi connectivity index (χ2n) is 7.86. The highest BCUT2D eigenvalue weighted by Crippen LogP contribution is 2.55. The number of ether oxygens (including phenoxy) is 1. The second-order valence-corrected chi connectivity index (χ2v) is 7.86. The normalized spacial score (nSPS) is 37.2. The Balaban J connectivity index is 1.27. The van der Waals surface area contributed by atoms with Crippen molar-refractivity contribution in [3.63, 3.8) is 0 Å². The van der Waals surface area contributed by atoms with Crippen molar-refractivity contribution < 1.29 is 9.84 Å². The van der Waals surface area contributed by atoms with Crippen molar-refractivity contribution in [3.05, 3.63) is 30.3 Å². The lowest BCUT2D eigenvalue weighted by molar-refractivity contribution is -0.0266. The highest BCUT2D eigenvalue weighted by atomic mass is 16.5. The first-order chi connectivity index (χ1) is 10.7. The van der Waals surface area contributed by atoms with Gasteiger partial charge in [-0.15, -0.1) is 0 Å². The van der Waals surface area contributed by atoms with Crippen LogP contribution < -0.4 is 10.1 Å². The van der Waals surface area contributed by atoms with Gasteiger partial charge in [0, 0.05) is 12.1 Å². The zero-order valence-corrected chi connectivity index (χ0v) is 13.2. The minimum atomic E-state index is -0.437. The second kappa shape index (κ2) is 5.86. The van der Waals surface area contributed by atoms with Crippen LogP contribution in [-0.2, 0) is 0 Å². The van der Waals surface area contributed by atoms with Crippen LogP contribution in [0.2, 0.25) is 0 Å². The first-order valence-electron chi connectivity index (χ1n) is 8.82. The minimum absolute atomic E-state index is 0.322. The Hall–Kier alpha value is -1.06. The lowest BCUT2D eigenvalue weighted by atomic mass is 9.53. The van der Waals surface area contributed by atoms with Gasteiger partial charge in [-0.2, -0.15) is 0 Å². The van der Waals surface area contributed by atoms with Gasteiger partial charge in [0.25, 0.3) is 0 Å². The molecule has 0 unspecified atom stereocenters. The lowest BCUT2D eigenvalue weighted by Crippen LogP contribution is -2.59. The van der Waals surface area contributed by atoms with Gasteiger partial charge in [0.2, 0.25) is 0 Å². The minimum Gasteiger partial charge on any atom is -0.491 e. The van der Waals surface area contributed by atoms with Gasteiger partial charge in [-0.25, -0.2) is 0 Å². The van der Waals surface area contributed by atoms with Crippen LogP contribution in [0, 0.1) is 17.8 Å². The Morgan fingerprint density at radius 3 is 2.23 bits per heavy atom. The highest BCUT2D eigenvalue weighted by molar-refractivity contribution is 5.20. The van der Waals surface area contributed by atoms with Crippen molar-refractivity contribution >= 4 is 0 Å². The Morgan fingerprint density at radius 2 is 1.64 bits per heavy atom.